The standard InChI is InChI=1S/C16H23N3OS/c1-10-8-21-15(18-10)19-14(20)17-9-16-5-11-2-12(6-16)4-13(3-11)7-16/h8,11-13H,2-7,9H2,1H3,(H2,17,18,19,20). The number of hydrogen-bond donors (Lipinski definition) is 2. The van der Waals surface area contributed by atoms with Crippen molar-refractivity contribution in [3.8, 4) is 0 Å². The van der Waals surface area contributed by atoms with Crippen molar-refractivity contribution in [2.75, 3.05) is 11.9 Å². The lowest BCUT2D eigenvalue weighted by molar-refractivity contribution is -0.0496. The molecule has 4 bridgehead atoms. The second-order valence-electron chi connectivity index (χ2n) is 7.52. The first kappa shape index (κ1) is 13.6. The summed E-state index contributed by atoms with van der Waals surface area (Å²) in [4.78, 5) is 16.3. The molecule has 1 heterocycles. The molecule has 5 rings (SSSR count). The van der Waals surface area contributed by atoms with Gasteiger partial charge in [0.25, 0.3) is 0 Å². The van der Waals surface area contributed by atoms with Crippen LogP contribution in [0.25, 0.3) is 0 Å². The topological polar surface area (TPSA) is 54.0 Å². The first-order valence-electron chi connectivity index (χ1n) is 8.07. The maximum absolute atomic E-state index is 12.1. The molecule has 5 heteroatoms. The zero-order chi connectivity index (χ0) is 14.4. The van der Waals surface area contributed by atoms with Gasteiger partial charge in [-0.3, -0.25) is 5.32 Å². The normalized spacial score (nSPS) is 36.7. The van der Waals surface area contributed by atoms with E-state index in [2.05, 4.69) is 15.6 Å². The summed E-state index contributed by atoms with van der Waals surface area (Å²) >= 11 is 1.48. The Hall–Kier alpha value is -1.10. The van der Waals surface area contributed by atoms with Gasteiger partial charge in [0.05, 0.1) is 5.69 Å². The summed E-state index contributed by atoms with van der Waals surface area (Å²) in [6.07, 6.45) is 8.33. The van der Waals surface area contributed by atoms with E-state index in [1.54, 1.807) is 0 Å². The highest BCUT2D eigenvalue weighted by Gasteiger charge is 2.50. The summed E-state index contributed by atoms with van der Waals surface area (Å²) in [6, 6.07) is -0.0971. The summed E-state index contributed by atoms with van der Waals surface area (Å²) < 4.78 is 0. The predicted octanol–water partition coefficient (Wildman–Crippen LogP) is 3.79. The lowest BCUT2D eigenvalue weighted by Gasteiger charge is -2.56. The molecule has 4 saturated carbocycles. The van der Waals surface area contributed by atoms with Crippen molar-refractivity contribution < 1.29 is 4.79 Å². The molecule has 2 amide bonds. The molecule has 2 N–H and O–H groups in total. The van der Waals surface area contributed by atoms with Gasteiger partial charge in [-0.1, -0.05) is 0 Å². The van der Waals surface area contributed by atoms with E-state index in [-0.39, 0.29) is 6.03 Å². The SMILES string of the molecule is Cc1csc(NC(=O)NCC23CC4CC(CC(C4)C2)C3)n1. The minimum Gasteiger partial charge on any atom is -0.337 e. The molecule has 114 valence electrons. The zero-order valence-corrected chi connectivity index (χ0v) is 13.3. The summed E-state index contributed by atoms with van der Waals surface area (Å²) in [5.74, 6) is 2.80. The third-order valence-electron chi connectivity index (χ3n) is 5.63. The van der Waals surface area contributed by atoms with Crippen LogP contribution in [0.4, 0.5) is 9.93 Å². The number of nitrogens with one attached hydrogen (secondary N) is 2. The molecular formula is C16H23N3OS. The van der Waals surface area contributed by atoms with Crippen LogP contribution in [0.15, 0.2) is 5.38 Å². The first-order chi connectivity index (χ1) is 10.1. The van der Waals surface area contributed by atoms with Crippen LogP contribution in [0.3, 0.4) is 0 Å². The fourth-order valence-electron chi connectivity index (χ4n) is 5.33. The molecule has 0 saturated heterocycles. The molecule has 1 aromatic rings. The Morgan fingerprint density at radius 3 is 2.43 bits per heavy atom. The lowest BCUT2D eigenvalue weighted by atomic mass is 9.49. The summed E-state index contributed by atoms with van der Waals surface area (Å²) in [5.41, 5.74) is 1.35. The van der Waals surface area contributed by atoms with Crippen molar-refractivity contribution in [2.24, 2.45) is 23.2 Å². The van der Waals surface area contributed by atoms with Gasteiger partial charge in [-0.15, -0.1) is 11.3 Å². The van der Waals surface area contributed by atoms with Crippen LogP contribution in [0.1, 0.15) is 44.2 Å². The number of aromatic nitrogens is 1. The Balaban J connectivity index is 1.35. The van der Waals surface area contributed by atoms with E-state index in [1.165, 1.54) is 49.9 Å². The van der Waals surface area contributed by atoms with Gasteiger partial charge >= 0.3 is 6.03 Å². The molecule has 1 aromatic heterocycles. The molecule has 4 nitrogen and oxygen atoms in total. The van der Waals surface area contributed by atoms with Crippen LogP contribution in [-0.4, -0.2) is 17.6 Å². The lowest BCUT2D eigenvalue weighted by Crippen LogP contribution is -2.51. The second-order valence-corrected chi connectivity index (χ2v) is 8.38. The smallest absolute Gasteiger partial charge is 0.321 e. The van der Waals surface area contributed by atoms with Gasteiger partial charge in [-0.05, 0) is 68.6 Å². The molecule has 0 spiro atoms. The molecule has 0 unspecified atom stereocenters. The van der Waals surface area contributed by atoms with E-state index in [1.807, 2.05) is 12.3 Å². The number of urea groups is 1. The highest BCUT2D eigenvalue weighted by molar-refractivity contribution is 7.13. The number of thiazole rings is 1. The van der Waals surface area contributed by atoms with Crippen molar-refractivity contribution >= 4 is 22.5 Å². The first-order valence-corrected chi connectivity index (χ1v) is 8.95. The van der Waals surface area contributed by atoms with Gasteiger partial charge < -0.3 is 5.32 Å². The van der Waals surface area contributed by atoms with E-state index in [0.29, 0.717) is 10.5 Å². The Morgan fingerprint density at radius 2 is 1.90 bits per heavy atom. The predicted molar refractivity (Wildman–Crippen MR) is 84.5 cm³/mol. The van der Waals surface area contributed by atoms with Crippen LogP contribution >= 0.6 is 11.3 Å². The average Bonchev–Trinajstić information content (AvgIpc) is 2.80. The molecular weight excluding hydrogens is 282 g/mol. The Morgan fingerprint density at radius 1 is 1.29 bits per heavy atom. The fourth-order valence-corrected chi connectivity index (χ4v) is 6.01. The molecule has 4 aliphatic carbocycles. The van der Waals surface area contributed by atoms with Gasteiger partial charge in [0, 0.05) is 11.9 Å². The number of nitrogens with zero attached hydrogens (tertiary/aromatic N) is 1. The molecule has 0 aromatic carbocycles. The Kier molecular flexibility index (Phi) is 3.21. The quantitative estimate of drug-likeness (QED) is 0.892. The zero-order valence-electron chi connectivity index (χ0n) is 12.5. The van der Waals surface area contributed by atoms with Gasteiger partial charge in [-0.25, -0.2) is 9.78 Å². The van der Waals surface area contributed by atoms with Gasteiger partial charge in [0.15, 0.2) is 5.13 Å². The van der Waals surface area contributed by atoms with Crippen LogP contribution in [0.5, 0.6) is 0 Å². The monoisotopic (exact) mass is 305 g/mol. The molecule has 0 radical (unpaired) electrons. The number of anilines is 1. The number of rotatable bonds is 3. The van der Waals surface area contributed by atoms with E-state index in [9.17, 15) is 4.79 Å². The number of hydrogen-bond acceptors (Lipinski definition) is 3. The number of carbonyl (C=O) groups excluding carboxylic acids is 1. The maximum Gasteiger partial charge on any atom is 0.321 e. The summed E-state index contributed by atoms with van der Waals surface area (Å²) in [7, 11) is 0. The Bertz CT molecular complexity index is 518. The van der Waals surface area contributed by atoms with Gasteiger partial charge in [0.1, 0.15) is 0 Å². The van der Waals surface area contributed by atoms with Crippen LogP contribution in [-0.2, 0) is 0 Å². The van der Waals surface area contributed by atoms with E-state index in [0.717, 1.165) is 30.0 Å². The average molecular weight is 305 g/mol. The van der Waals surface area contributed by atoms with Crippen LogP contribution < -0.4 is 10.6 Å². The largest absolute Gasteiger partial charge is 0.337 e. The molecule has 21 heavy (non-hydrogen) atoms. The second kappa shape index (κ2) is 4.97. The molecule has 0 aliphatic heterocycles. The molecule has 0 atom stereocenters. The Labute approximate surface area is 129 Å². The van der Waals surface area contributed by atoms with Crippen molar-refractivity contribution in [1.29, 1.82) is 0 Å². The summed E-state index contributed by atoms with van der Waals surface area (Å²) in [5, 5.41) is 8.61. The van der Waals surface area contributed by atoms with E-state index in [4.69, 9.17) is 0 Å². The number of amides is 2. The highest BCUT2D eigenvalue weighted by atomic mass is 32.1. The minimum atomic E-state index is -0.0971. The third kappa shape index (κ3) is 2.68. The van der Waals surface area contributed by atoms with E-state index < -0.39 is 0 Å². The highest BCUT2D eigenvalue weighted by Crippen LogP contribution is 2.59. The molecule has 4 fully saturated rings. The fraction of sp³-hybridized carbons (Fsp3) is 0.750. The molecule has 4 aliphatic rings. The number of aryl methyl sites for hydroxylation is 1. The van der Waals surface area contributed by atoms with Gasteiger partial charge in [0.2, 0.25) is 0 Å². The number of carbonyl (C=O) groups is 1. The maximum atomic E-state index is 12.1. The third-order valence-corrected chi connectivity index (χ3v) is 6.50. The van der Waals surface area contributed by atoms with Crippen LogP contribution in [0.2, 0.25) is 0 Å². The summed E-state index contributed by atoms with van der Waals surface area (Å²) in [6.45, 7) is 2.78. The minimum absolute atomic E-state index is 0.0971. The van der Waals surface area contributed by atoms with Crippen molar-refractivity contribution in [3.63, 3.8) is 0 Å². The van der Waals surface area contributed by atoms with Crippen LogP contribution in [0, 0.1) is 30.1 Å². The van der Waals surface area contributed by atoms with Crippen molar-refractivity contribution in [1.82, 2.24) is 10.3 Å². The van der Waals surface area contributed by atoms with Gasteiger partial charge in [-0.2, -0.15) is 0 Å². The van der Waals surface area contributed by atoms with E-state index >= 15 is 0 Å². The van der Waals surface area contributed by atoms with Crippen molar-refractivity contribution in [2.45, 2.75) is 45.4 Å². The van der Waals surface area contributed by atoms with Crippen molar-refractivity contribution in [3.05, 3.63) is 11.1 Å².